The van der Waals surface area contributed by atoms with Crippen LogP contribution in [0.3, 0.4) is 0 Å². The maximum absolute atomic E-state index is 2.48. The number of aromatic nitrogens is 2. The van der Waals surface area contributed by atoms with Crippen LogP contribution in [0.15, 0.2) is 91.0 Å². The summed E-state index contributed by atoms with van der Waals surface area (Å²) in [6, 6.07) is 33.5. The molecule has 2 heteroatoms. The summed E-state index contributed by atoms with van der Waals surface area (Å²) in [6.07, 6.45) is 0. The molecule has 35 heavy (non-hydrogen) atoms. The van der Waals surface area contributed by atoms with Crippen LogP contribution in [0.4, 0.5) is 0 Å². The molecule has 0 bridgehead atoms. The van der Waals surface area contributed by atoms with Crippen LogP contribution in [0.1, 0.15) is 47.8 Å². The monoisotopic (exact) mass is 456 g/mol. The smallest absolute Gasteiger partial charge is 0.0485 e. The van der Waals surface area contributed by atoms with Gasteiger partial charge in [0.1, 0.15) is 0 Å². The number of fused-ring (bicyclic) bond motifs is 3. The molecule has 2 nitrogen and oxygen atoms in total. The van der Waals surface area contributed by atoms with Crippen molar-refractivity contribution in [1.82, 2.24) is 9.13 Å². The fourth-order valence-electron chi connectivity index (χ4n) is 6.42. The third-order valence-electron chi connectivity index (χ3n) is 7.90. The van der Waals surface area contributed by atoms with Crippen molar-refractivity contribution >= 4 is 32.6 Å². The second-order valence-corrected chi connectivity index (χ2v) is 9.52. The Bertz CT molecular complexity index is 1600. The molecule has 0 amide bonds. The van der Waals surface area contributed by atoms with Gasteiger partial charge < -0.3 is 9.13 Å². The lowest BCUT2D eigenvalue weighted by Crippen LogP contribution is -2.09. The zero-order valence-corrected chi connectivity index (χ0v) is 21.0. The van der Waals surface area contributed by atoms with Crippen molar-refractivity contribution in [2.45, 2.75) is 46.7 Å². The highest BCUT2D eigenvalue weighted by molar-refractivity contribution is 5.95. The molecule has 0 fully saturated rings. The lowest BCUT2D eigenvalue weighted by atomic mass is 9.80. The van der Waals surface area contributed by atoms with Crippen molar-refractivity contribution in [2.24, 2.45) is 0 Å². The number of benzene rings is 4. The Labute approximate surface area is 207 Å². The summed E-state index contributed by atoms with van der Waals surface area (Å²) in [7, 11) is 0. The van der Waals surface area contributed by atoms with Gasteiger partial charge in [-0.25, -0.2) is 0 Å². The van der Waals surface area contributed by atoms with Gasteiger partial charge in [-0.05, 0) is 67.3 Å². The molecule has 6 aromatic rings. The Morgan fingerprint density at radius 3 is 1.54 bits per heavy atom. The predicted octanol–water partition coefficient (Wildman–Crippen LogP) is 8.59. The van der Waals surface area contributed by atoms with E-state index in [0.717, 1.165) is 13.1 Å². The fourth-order valence-corrected chi connectivity index (χ4v) is 6.42. The minimum Gasteiger partial charge on any atom is -0.345 e. The number of hydrogen-bond donors (Lipinski definition) is 0. The first-order chi connectivity index (χ1) is 17.2. The van der Waals surface area contributed by atoms with Gasteiger partial charge in [0, 0.05) is 52.2 Å². The van der Waals surface area contributed by atoms with Crippen molar-refractivity contribution in [3.8, 4) is 0 Å². The van der Waals surface area contributed by atoms with Crippen LogP contribution in [-0.2, 0) is 13.1 Å². The van der Waals surface area contributed by atoms with E-state index in [1.54, 1.807) is 0 Å². The fraction of sp³-hybridized carbons (Fsp3) is 0.212. The van der Waals surface area contributed by atoms with E-state index in [4.69, 9.17) is 0 Å². The summed E-state index contributed by atoms with van der Waals surface area (Å²) in [6.45, 7) is 11.1. The van der Waals surface area contributed by atoms with Crippen molar-refractivity contribution < 1.29 is 0 Å². The van der Waals surface area contributed by atoms with E-state index in [1.807, 2.05) is 0 Å². The highest BCUT2D eigenvalue weighted by Gasteiger charge is 2.30. The number of para-hydroxylation sites is 2. The van der Waals surface area contributed by atoms with Gasteiger partial charge in [-0.3, -0.25) is 0 Å². The molecule has 0 spiro atoms. The van der Waals surface area contributed by atoms with E-state index in [1.165, 1.54) is 60.7 Å². The average molecular weight is 457 g/mol. The minimum absolute atomic E-state index is 0.136. The first kappa shape index (κ1) is 21.7. The Morgan fingerprint density at radius 2 is 1.00 bits per heavy atom. The van der Waals surface area contributed by atoms with Crippen LogP contribution in [0.5, 0.6) is 0 Å². The molecule has 2 aromatic heterocycles. The lowest BCUT2D eigenvalue weighted by Gasteiger charge is -2.22. The van der Waals surface area contributed by atoms with Gasteiger partial charge >= 0.3 is 0 Å². The molecule has 2 heterocycles. The number of hydrogen-bond acceptors (Lipinski definition) is 0. The van der Waals surface area contributed by atoms with Crippen LogP contribution >= 0.6 is 0 Å². The molecule has 0 atom stereocenters. The number of aryl methyl sites for hydroxylation is 2. The number of rotatable bonds is 5. The van der Waals surface area contributed by atoms with Gasteiger partial charge in [-0.2, -0.15) is 0 Å². The van der Waals surface area contributed by atoms with Crippen LogP contribution in [0.2, 0.25) is 0 Å². The van der Waals surface area contributed by atoms with Crippen molar-refractivity contribution in [3.05, 3.63) is 119 Å². The second kappa shape index (κ2) is 8.46. The number of nitrogens with zero attached hydrogens (tertiary/aromatic N) is 2. The highest BCUT2D eigenvalue weighted by atomic mass is 15.0. The first-order valence-electron chi connectivity index (χ1n) is 12.8. The molecule has 0 aliphatic carbocycles. The molecule has 0 saturated carbocycles. The van der Waals surface area contributed by atoms with Gasteiger partial charge in [0.15, 0.2) is 0 Å². The third-order valence-corrected chi connectivity index (χ3v) is 7.90. The van der Waals surface area contributed by atoms with E-state index in [-0.39, 0.29) is 5.92 Å². The summed E-state index contributed by atoms with van der Waals surface area (Å²) in [5, 5.41) is 5.35. The molecule has 0 N–H and O–H groups in total. The van der Waals surface area contributed by atoms with Gasteiger partial charge in [0.25, 0.3) is 0 Å². The van der Waals surface area contributed by atoms with Crippen LogP contribution in [0.25, 0.3) is 32.6 Å². The first-order valence-corrected chi connectivity index (χ1v) is 12.8. The Balaban J connectivity index is 1.81. The topological polar surface area (TPSA) is 9.86 Å². The minimum atomic E-state index is 0.136. The summed E-state index contributed by atoms with van der Waals surface area (Å²) in [4.78, 5) is 0. The predicted molar refractivity (Wildman–Crippen MR) is 150 cm³/mol. The third kappa shape index (κ3) is 3.16. The largest absolute Gasteiger partial charge is 0.345 e. The van der Waals surface area contributed by atoms with Crippen LogP contribution < -0.4 is 0 Å². The van der Waals surface area contributed by atoms with Gasteiger partial charge in [-0.15, -0.1) is 0 Å². The SMILES string of the molecule is CCn1c(C)c(C(c2cccc3ccccc23)c2c(C)n(CC)c3ccccc23)c2ccccc21. The maximum atomic E-state index is 2.48. The molecular weight excluding hydrogens is 424 g/mol. The van der Waals surface area contributed by atoms with E-state index in [2.05, 4.69) is 128 Å². The van der Waals surface area contributed by atoms with E-state index in [0.29, 0.717) is 0 Å². The van der Waals surface area contributed by atoms with E-state index in [9.17, 15) is 0 Å². The van der Waals surface area contributed by atoms with Gasteiger partial charge in [0.2, 0.25) is 0 Å². The quantitative estimate of drug-likeness (QED) is 0.246. The molecule has 4 aromatic carbocycles. The Kier molecular flexibility index (Phi) is 5.25. The molecule has 0 aliphatic rings. The zero-order valence-electron chi connectivity index (χ0n) is 21.0. The van der Waals surface area contributed by atoms with Crippen molar-refractivity contribution in [2.75, 3.05) is 0 Å². The maximum Gasteiger partial charge on any atom is 0.0485 e. The highest BCUT2D eigenvalue weighted by Crippen LogP contribution is 2.46. The molecule has 0 aliphatic heterocycles. The summed E-state index contributed by atoms with van der Waals surface area (Å²) in [5.41, 5.74) is 9.61. The van der Waals surface area contributed by atoms with E-state index < -0.39 is 0 Å². The molecule has 174 valence electrons. The summed E-state index contributed by atoms with van der Waals surface area (Å²) < 4.78 is 4.97. The average Bonchev–Trinajstić information content (AvgIpc) is 3.34. The summed E-state index contributed by atoms with van der Waals surface area (Å²) in [5.74, 6) is 0.136. The lowest BCUT2D eigenvalue weighted by molar-refractivity contribution is 0.749. The molecule has 0 radical (unpaired) electrons. The second-order valence-electron chi connectivity index (χ2n) is 9.52. The summed E-state index contributed by atoms with van der Waals surface area (Å²) >= 11 is 0. The normalized spacial score (nSPS) is 11.9. The zero-order chi connectivity index (χ0) is 24.1. The van der Waals surface area contributed by atoms with Crippen molar-refractivity contribution in [1.29, 1.82) is 0 Å². The van der Waals surface area contributed by atoms with Gasteiger partial charge in [-0.1, -0.05) is 78.9 Å². The molecule has 0 unspecified atom stereocenters. The molecule has 6 rings (SSSR count). The standard InChI is InChI=1S/C33H32N2/c1-5-34-22(3)31(27-17-9-11-20-29(27)34)33(26-19-13-15-24-14-7-8-16-25(24)26)32-23(4)35(6-2)30-21-12-10-18-28(30)32/h7-21,33H,5-6H2,1-4H3. The molecule has 0 saturated heterocycles. The Hall–Kier alpha value is -3.78. The van der Waals surface area contributed by atoms with E-state index >= 15 is 0 Å². The Morgan fingerprint density at radius 1 is 0.543 bits per heavy atom. The van der Waals surface area contributed by atoms with Crippen molar-refractivity contribution in [3.63, 3.8) is 0 Å². The van der Waals surface area contributed by atoms with Gasteiger partial charge in [0.05, 0.1) is 0 Å². The molecular formula is C33H32N2. The van der Waals surface area contributed by atoms with Crippen LogP contribution in [-0.4, -0.2) is 9.13 Å². The van der Waals surface area contributed by atoms with Crippen LogP contribution in [0, 0.1) is 13.8 Å².